The molecule has 0 aliphatic heterocycles. The molecule has 4 nitrogen and oxygen atoms in total. The molecule has 0 saturated heterocycles. The van der Waals surface area contributed by atoms with Crippen molar-refractivity contribution in [3.8, 4) is 0 Å². The van der Waals surface area contributed by atoms with Crippen LogP contribution in [0.2, 0.25) is 0 Å². The fraction of sp³-hybridized carbons (Fsp3) is 0.455. The first-order valence-corrected chi connectivity index (χ1v) is 6.89. The Kier molecular flexibility index (Phi) is 3.93. The summed E-state index contributed by atoms with van der Waals surface area (Å²) in [5, 5.41) is 9.23. The van der Waals surface area contributed by atoms with Crippen molar-refractivity contribution in [3.05, 3.63) is 24.3 Å². The van der Waals surface area contributed by atoms with Gasteiger partial charge in [0.05, 0.1) is 11.0 Å². The van der Waals surface area contributed by atoms with Crippen molar-refractivity contribution in [3.63, 3.8) is 0 Å². The zero-order chi connectivity index (χ0) is 12.3. The third-order valence-electron chi connectivity index (χ3n) is 2.24. The van der Waals surface area contributed by atoms with Gasteiger partial charge in [-0.25, -0.2) is 8.42 Å². The summed E-state index contributed by atoms with van der Waals surface area (Å²) in [7, 11) is -1.29. The minimum absolute atomic E-state index is 0.307. The van der Waals surface area contributed by atoms with Crippen LogP contribution in [0.5, 0.6) is 0 Å². The molecule has 90 valence electrons. The van der Waals surface area contributed by atoms with Crippen molar-refractivity contribution in [2.75, 3.05) is 24.7 Å². The Balaban J connectivity index is 2.87. The van der Waals surface area contributed by atoms with Crippen LogP contribution in [0.3, 0.4) is 0 Å². The van der Waals surface area contributed by atoms with Gasteiger partial charge >= 0.3 is 0 Å². The maximum absolute atomic E-state index is 11.2. The van der Waals surface area contributed by atoms with Crippen LogP contribution >= 0.6 is 0 Å². The fourth-order valence-electron chi connectivity index (χ4n) is 1.45. The molecule has 0 aromatic heterocycles. The summed E-state index contributed by atoms with van der Waals surface area (Å²) in [5.74, 6) is 0. The van der Waals surface area contributed by atoms with Crippen molar-refractivity contribution in [1.29, 1.82) is 0 Å². The molecular weight excluding hydrogens is 226 g/mol. The van der Waals surface area contributed by atoms with Crippen molar-refractivity contribution < 1.29 is 13.5 Å². The van der Waals surface area contributed by atoms with E-state index >= 15 is 0 Å². The minimum atomic E-state index is -3.14. The van der Waals surface area contributed by atoms with Crippen LogP contribution in [-0.2, 0) is 9.84 Å². The fourth-order valence-corrected chi connectivity index (χ4v) is 2.08. The van der Waals surface area contributed by atoms with Gasteiger partial charge in [-0.3, -0.25) is 0 Å². The summed E-state index contributed by atoms with van der Waals surface area (Å²) in [5.41, 5.74) is 0.883. The molecule has 1 atom stereocenters. The summed E-state index contributed by atoms with van der Waals surface area (Å²) < 4.78 is 22.5. The van der Waals surface area contributed by atoms with Crippen LogP contribution in [-0.4, -0.2) is 39.5 Å². The molecule has 0 bridgehead atoms. The molecule has 1 N–H and O–H groups in total. The number of aliphatic hydroxyl groups excluding tert-OH is 1. The van der Waals surface area contributed by atoms with E-state index in [4.69, 9.17) is 0 Å². The Bertz CT molecular complexity index is 437. The SMILES string of the molecule is CC(O)CN(C)c1ccc(S(C)(=O)=O)cc1. The van der Waals surface area contributed by atoms with Crippen LogP contribution in [0.4, 0.5) is 5.69 Å². The molecule has 0 aliphatic rings. The first-order chi connectivity index (χ1) is 7.30. The molecule has 1 unspecified atom stereocenters. The summed E-state index contributed by atoms with van der Waals surface area (Å²) in [6.07, 6.45) is 0.765. The largest absolute Gasteiger partial charge is 0.392 e. The number of hydrogen-bond acceptors (Lipinski definition) is 4. The summed E-state index contributed by atoms with van der Waals surface area (Å²) in [6.45, 7) is 2.22. The molecule has 5 heteroatoms. The van der Waals surface area contributed by atoms with E-state index in [-0.39, 0.29) is 0 Å². The molecule has 1 rings (SSSR count). The normalized spacial score (nSPS) is 13.5. The van der Waals surface area contributed by atoms with Gasteiger partial charge in [-0.15, -0.1) is 0 Å². The number of anilines is 1. The van der Waals surface area contributed by atoms with Crippen molar-refractivity contribution >= 4 is 15.5 Å². The minimum Gasteiger partial charge on any atom is -0.392 e. The van der Waals surface area contributed by atoms with Gasteiger partial charge < -0.3 is 10.0 Å². The molecule has 0 aliphatic carbocycles. The quantitative estimate of drug-likeness (QED) is 0.854. The first kappa shape index (κ1) is 13.0. The highest BCUT2D eigenvalue weighted by molar-refractivity contribution is 7.90. The average molecular weight is 243 g/mol. The van der Waals surface area contributed by atoms with Crippen LogP contribution in [0.15, 0.2) is 29.2 Å². The third kappa shape index (κ3) is 3.50. The van der Waals surface area contributed by atoms with E-state index in [1.807, 2.05) is 11.9 Å². The second kappa shape index (κ2) is 4.84. The van der Waals surface area contributed by atoms with Crippen LogP contribution in [0, 0.1) is 0 Å². The van der Waals surface area contributed by atoms with Gasteiger partial charge in [0.1, 0.15) is 0 Å². The van der Waals surface area contributed by atoms with Gasteiger partial charge in [-0.05, 0) is 31.2 Å². The number of rotatable bonds is 4. The Morgan fingerprint density at radius 2 is 1.81 bits per heavy atom. The Labute approximate surface area is 96.4 Å². The lowest BCUT2D eigenvalue weighted by molar-refractivity contribution is 0.201. The lowest BCUT2D eigenvalue weighted by atomic mass is 10.3. The van der Waals surface area contributed by atoms with Gasteiger partial charge in [0.2, 0.25) is 0 Å². The number of likely N-dealkylation sites (N-methyl/N-ethyl adjacent to an activating group) is 1. The molecule has 0 heterocycles. The summed E-state index contributed by atoms with van der Waals surface area (Å²) in [4.78, 5) is 2.18. The van der Waals surface area contributed by atoms with Crippen molar-refractivity contribution in [1.82, 2.24) is 0 Å². The highest BCUT2D eigenvalue weighted by Gasteiger charge is 2.08. The van der Waals surface area contributed by atoms with E-state index in [0.29, 0.717) is 11.4 Å². The van der Waals surface area contributed by atoms with E-state index < -0.39 is 15.9 Å². The molecular formula is C11H17NO3S. The predicted molar refractivity (Wildman–Crippen MR) is 64.5 cm³/mol. The zero-order valence-corrected chi connectivity index (χ0v) is 10.5. The van der Waals surface area contributed by atoms with Gasteiger partial charge in [0.25, 0.3) is 0 Å². The van der Waals surface area contributed by atoms with Crippen molar-refractivity contribution in [2.45, 2.75) is 17.9 Å². The topological polar surface area (TPSA) is 57.6 Å². The van der Waals surface area contributed by atoms with Crippen molar-refractivity contribution in [2.24, 2.45) is 0 Å². The first-order valence-electron chi connectivity index (χ1n) is 5.00. The lowest BCUT2D eigenvalue weighted by Crippen LogP contribution is -2.26. The number of aliphatic hydroxyl groups is 1. The molecule has 0 radical (unpaired) electrons. The van der Waals surface area contributed by atoms with Crippen LogP contribution in [0.1, 0.15) is 6.92 Å². The lowest BCUT2D eigenvalue weighted by Gasteiger charge is -2.20. The molecule has 0 amide bonds. The standard InChI is InChI=1S/C11H17NO3S/c1-9(13)8-12(2)10-4-6-11(7-5-10)16(3,14)15/h4-7,9,13H,8H2,1-3H3. The summed E-state index contributed by atoms with van der Waals surface area (Å²) in [6, 6.07) is 6.62. The summed E-state index contributed by atoms with van der Waals surface area (Å²) >= 11 is 0. The van der Waals surface area contributed by atoms with E-state index in [9.17, 15) is 13.5 Å². The van der Waals surface area contributed by atoms with E-state index in [2.05, 4.69) is 0 Å². The molecule has 0 spiro atoms. The van der Waals surface area contributed by atoms with Gasteiger partial charge in [0, 0.05) is 25.5 Å². The maximum atomic E-state index is 11.2. The monoisotopic (exact) mass is 243 g/mol. The van der Waals surface area contributed by atoms with E-state index in [0.717, 1.165) is 5.69 Å². The molecule has 16 heavy (non-hydrogen) atoms. The Morgan fingerprint density at radius 1 is 1.31 bits per heavy atom. The Morgan fingerprint density at radius 3 is 2.19 bits per heavy atom. The average Bonchev–Trinajstić information content (AvgIpc) is 2.15. The van der Waals surface area contributed by atoms with Gasteiger partial charge in [-0.1, -0.05) is 0 Å². The second-order valence-corrected chi connectivity index (χ2v) is 6.01. The molecule has 0 saturated carbocycles. The number of nitrogens with zero attached hydrogens (tertiary/aromatic N) is 1. The Hall–Kier alpha value is -1.07. The number of hydrogen-bond donors (Lipinski definition) is 1. The number of sulfone groups is 1. The second-order valence-electron chi connectivity index (χ2n) is 4.00. The highest BCUT2D eigenvalue weighted by Crippen LogP contribution is 2.16. The third-order valence-corrected chi connectivity index (χ3v) is 3.37. The van der Waals surface area contributed by atoms with Crippen LogP contribution < -0.4 is 4.90 Å². The van der Waals surface area contributed by atoms with Gasteiger partial charge in [-0.2, -0.15) is 0 Å². The molecule has 0 fully saturated rings. The highest BCUT2D eigenvalue weighted by atomic mass is 32.2. The van der Waals surface area contributed by atoms with E-state index in [1.54, 1.807) is 31.2 Å². The number of benzene rings is 1. The van der Waals surface area contributed by atoms with Gasteiger partial charge in [0.15, 0.2) is 9.84 Å². The molecule has 1 aromatic carbocycles. The smallest absolute Gasteiger partial charge is 0.175 e. The predicted octanol–water partition coefficient (Wildman–Crippen LogP) is 0.907. The molecule has 1 aromatic rings. The van der Waals surface area contributed by atoms with Crippen LogP contribution in [0.25, 0.3) is 0 Å². The maximum Gasteiger partial charge on any atom is 0.175 e. The van der Waals surface area contributed by atoms with E-state index in [1.165, 1.54) is 6.26 Å². The zero-order valence-electron chi connectivity index (χ0n) is 9.71.